The number of piperazine rings is 1. The van der Waals surface area contributed by atoms with Crippen LogP contribution in [0.1, 0.15) is 11.6 Å². The van der Waals surface area contributed by atoms with Gasteiger partial charge in [-0.25, -0.2) is 0 Å². The molecule has 0 bridgehead atoms. The van der Waals surface area contributed by atoms with E-state index in [1.807, 2.05) is 12.1 Å². The molecule has 0 aliphatic carbocycles. The summed E-state index contributed by atoms with van der Waals surface area (Å²) in [6.45, 7) is 7.73. The standard InChI is InChI=1S/C14H20N2O2.2ClH/c1-3-13(16-8-6-15-7-9-16)12-10-11(18-2)4-5-14(12)17;;/h3-5,10,13,15,17H,1,6-9H2,2H3;2*1H/t13-;;/m1../s1. The molecule has 1 aromatic rings. The Balaban J connectivity index is 0.00000180. The molecule has 1 aromatic carbocycles. The fourth-order valence-corrected chi connectivity index (χ4v) is 2.33. The number of hydrogen-bond donors (Lipinski definition) is 2. The van der Waals surface area contributed by atoms with Crippen molar-refractivity contribution in [1.82, 2.24) is 10.2 Å². The zero-order valence-corrected chi connectivity index (χ0v) is 13.2. The Morgan fingerprint density at radius 2 is 2.00 bits per heavy atom. The molecule has 1 saturated heterocycles. The van der Waals surface area contributed by atoms with Crippen LogP contribution in [0.2, 0.25) is 0 Å². The SMILES string of the molecule is C=C[C@H](c1cc(OC)ccc1O)N1CCNCC1.Cl.Cl. The van der Waals surface area contributed by atoms with Crippen LogP contribution < -0.4 is 10.1 Å². The lowest BCUT2D eigenvalue weighted by Crippen LogP contribution is -2.44. The summed E-state index contributed by atoms with van der Waals surface area (Å²) >= 11 is 0. The summed E-state index contributed by atoms with van der Waals surface area (Å²) < 4.78 is 5.22. The van der Waals surface area contributed by atoms with Gasteiger partial charge in [0, 0.05) is 31.7 Å². The second kappa shape index (κ2) is 9.08. The topological polar surface area (TPSA) is 44.7 Å². The molecule has 0 unspecified atom stereocenters. The number of benzene rings is 1. The van der Waals surface area contributed by atoms with Gasteiger partial charge in [0.2, 0.25) is 0 Å². The number of ether oxygens (including phenoxy) is 1. The first kappa shape index (κ1) is 19.1. The lowest BCUT2D eigenvalue weighted by molar-refractivity contribution is 0.200. The van der Waals surface area contributed by atoms with Crippen LogP contribution in [-0.4, -0.2) is 43.3 Å². The number of nitrogens with one attached hydrogen (secondary N) is 1. The van der Waals surface area contributed by atoms with Crippen LogP contribution in [0.3, 0.4) is 0 Å². The smallest absolute Gasteiger partial charge is 0.120 e. The monoisotopic (exact) mass is 320 g/mol. The summed E-state index contributed by atoms with van der Waals surface area (Å²) in [6.07, 6.45) is 1.87. The van der Waals surface area contributed by atoms with Gasteiger partial charge in [-0.05, 0) is 18.2 Å². The summed E-state index contributed by atoms with van der Waals surface area (Å²) in [5, 5.41) is 13.3. The third kappa shape index (κ3) is 4.28. The maximum absolute atomic E-state index is 10.0. The molecule has 2 N–H and O–H groups in total. The van der Waals surface area contributed by atoms with Crippen molar-refractivity contribution in [1.29, 1.82) is 0 Å². The van der Waals surface area contributed by atoms with Crippen LogP contribution in [0.25, 0.3) is 0 Å². The highest BCUT2D eigenvalue weighted by Gasteiger charge is 2.22. The van der Waals surface area contributed by atoms with Crippen molar-refractivity contribution in [2.24, 2.45) is 0 Å². The fourth-order valence-electron chi connectivity index (χ4n) is 2.33. The largest absolute Gasteiger partial charge is 0.508 e. The number of nitrogens with zero attached hydrogens (tertiary/aromatic N) is 1. The molecule has 114 valence electrons. The first-order chi connectivity index (χ1) is 8.76. The van der Waals surface area contributed by atoms with E-state index in [-0.39, 0.29) is 30.9 Å². The lowest BCUT2D eigenvalue weighted by Gasteiger charge is -2.33. The maximum atomic E-state index is 10.0. The van der Waals surface area contributed by atoms with Gasteiger partial charge in [0.15, 0.2) is 0 Å². The highest BCUT2D eigenvalue weighted by atomic mass is 35.5. The number of halogens is 2. The summed E-state index contributed by atoms with van der Waals surface area (Å²) in [6, 6.07) is 5.34. The minimum absolute atomic E-state index is 0. The highest BCUT2D eigenvalue weighted by Crippen LogP contribution is 2.32. The summed E-state index contributed by atoms with van der Waals surface area (Å²) in [5.41, 5.74) is 0.853. The second-order valence-corrected chi connectivity index (χ2v) is 4.39. The van der Waals surface area contributed by atoms with E-state index in [2.05, 4.69) is 16.8 Å². The molecule has 6 heteroatoms. The molecule has 1 aliphatic rings. The molecule has 0 amide bonds. The van der Waals surface area contributed by atoms with Gasteiger partial charge in [-0.2, -0.15) is 0 Å². The van der Waals surface area contributed by atoms with Crippen LogP contribution in [0, 0.1) is 0 Å². The molecule has 1 heterocycles. The van der Waals surface area contributed by atoms with Crippen molar-refractivity contribution in [2.45, 2.75) is 6.04 Å². The van der Waals surface area contributed by atoms with E-state index in [4.69, 9.17) is 4.74 Å². The predicted molar refractivity (Wildman–Crippen MR) is 86.5 cm³/mol. The Morgan fingerprint density at radius 3 is 2.55 bits per heavy atom. The van der Waals surface area contributed by atoms with Gasteiger partial charge >= 0.3 is 0 Å². The van der Waals surface area contributed by atoms with Gasteiger partial charge in [0.1, 0.15) is 11.5 Å². The van der Waals surface area contributed by atoms with Crippen LogP contribution >= 0.6 is 24.8 Å². The van der Waals surface area contributed by atoms with E-state index in [9.17, 15) is 5.11 Å². The van der Waals surface area contributed by atoms with E-state index in [0.29, 0.717) is 5.75 Å². The van der Waals surface area contributed by atoms with E-state index in [1.54, 1.807) is 19.2 Å². The summed E-state index contributed by atoms with van der Waals surface area (Å²) in [7, 11) is 1.63. The first-order valence-corrected chi connectivity index (χ1v) is 6.20. The molecule has 4 nitrogen and oxygen atoms in total. The van der Waals surface area contributed by atoms with E-state index < -0.39 is 0 Å². The van der Waals surface area contributed by atoms with Crippen molar-refractivity contribution in [2.75, 3.05) is 33.3 Å². The molecular weight excluding hydrogens is 299 g/mol. The molecule has 0 aromatic heterocycles. The molecule has 0 saturated carbocycles. The molecule has 0 spiro atoms. The Bertz CT molecular complexity index is 424. The second-order valence-electron chi connectivity index (χ2n) is 4.39. The third-order valence-corrected chi connectivity index (χ3v) is 3.32. The number of hydrogen-bond acceptors (Lipinski definition) is 4. The third-order valence-electron chi connectivity index (χ3n) is 3.32. The van der Waals surface area contributed by atoms with Crippen LogP contribution in [-0.2, 0) is 0 Å². The van der Waals surface area contributed by atoms with Crippen molar-refractivity contribution >= 4 is 24.8 Å². The van der Waals surface area contributed by atoms with Crippen molar-refractivity contribution in [3.63, 3.8) is 0 Å². The Hall–Kier alpha value is -0.940. The molecule has 1 atom stereocenters. The average Bonchev–Trinajstić information content (AvgIpc) is 2.43. The minimum atomic E-state index is 0. The van der Waals surface area contributed by atoms with Gasteiger partial charge in [-0.15, -0.1) is 31.4 Å². The average molecular weight is 321 g/mol. The van der Waals surface area contributed by atoms with Gasteiger partial charge in [-0.1, -0.05) is 6.08 Å². The Labute approximate surface area is 132 Å². The predicted octanol–water partition coefficient (Wildman–Crippen LogP) is 2.38. The van der Waals surface area contributed by atoms with Crippen LogP contribution in [0.4, 0.5) is 0 Å². The van der Waals surface area contributed by atoms with Gasteiger partial charge in [-0.3, -0.25) is 4.90 Å². The van der Waals surface area contributed by atoms with E-state index in [0.717, 1.165) is 37.5 Å². The quantitative estimate of drug-likeness (QED) is 0.836. The molecule has 20 heavy (non-hydrogen) atoms. The van der Waals surface area contributed by atoms with Crippen LogP contribution in [0.5, 0.6) is 11.5 Å². The summed E-state index contributed by atoms with van der Waals surface area (Å²) in [4.78, 5) is 2.30. The molecular formula is C14H22Cl2N2O2. The fraction of sp³-hybridized carbons (Fsp3) is 0.429. The molecule has 2 rings (SSSR count). The number of phenolic OH excluding ortho intramolecular Hbond substituents is 1. The first-order valence-electron chi connectivity index (χ1n) is 6.20. The van der Waals surface area contributed by atoms with Crippen molar-refractivity contribution in [3.05, 3.63) is 36.4 Å². The van der Waals surface area contributed by atoms with Gasteiger partial charge < -0.3 is 15.2 Å². The van der Waals surface area contributed by atoms with E-state index in [1.165, 1.54) is 0 Å². The van der Waals surface area contributed by atoms with Gasteiger partial charge in [0.25, 0.3) is 0 Å². The number of rotatable bonds is 4. The maximum Gasteiger partial charge on any atom is 0.120 e. The molecule has 0 radical (unpaired) electrons. The zero-order valence-electron chi connectivity index (χ0n) is 11.5. The number of methoxy groups -OCH3 is 1. The Morgan fingerprint density at radius 1 is 1.35 bits per heavy atom. The number of aromatic hydroxyl groups is 1. The zero-order chi connectivity index (χ0) is 13.0. The van der Waals surface area contributed by atoms with Crippen LogP contribution in [0.15, 0.2) is 30.9 Å². The summed E-state index contributed by atoms with van der Waals surface area (Å²) in [5.74, 6) is 1.05. The highest BCUT2D eigenvalue weighted by molar-refractivity contribution is 5.85. The molecule has 1 fully saturated rings. The Kier molecular flexibility index (Phi) is 8.65. The molecule has 1 aliphatic heterocycles. The van der Waals surface area contributed by atoms with Crippen molar-refractivity contribution < 1.29 is 9.84 Å². The normalized spacial score (nSPS) is 16.4. The lowest BCUT2D eigenvalue weighted by atomic mass is 10.0. The van der Waals surface area contributed by atoms with Gasteiger partial charge in [0.05, 0.1) is 13.2 Å². The minimum Gasteiger partial charge on any atom is -0.508 e. The van der Waals surface area contributed by atoms with Crippen molar-refractivity contribution in [3.8, 4) is 11.5 Å². The van der Waals surface area contributed by atoms with E-state index >= 15 is 0 Å². The number of phenols is 1.